The Labute approximate surface area is 198 Å². The molecule has 160 valence electrons. The first-order chi connectivity index (χ1) is 16.9. The zero-order valence-electron chi connectivity index (χ0n) is 18.6. The topological polar surface area (TPSA) is 9.23 Å². The van der Waals surface area contributed by atoms with Crippen LogP contribution in [0.15, 0.2) is 133 Å². The lowest BCUT2D eigenvalue weighted by molar-refractivity contribution is 0.445. The molecule has 1 aliphatic rings. The van der Waals surface area contributed by atoms with E-state index in [0.29, 0.717) is 0 Å². The Morgan fingerprint density at radius 2 is 0.794 bits per heavy atom. The van der Waals surface area contributed by atoms with Gasteiger partial charge in [-0.25, -0.2) is 0 Å². The minimum absolute atomic E-state index is 0.500. The van der Waals surface area contributed by atoms with Gasteiger partial charge >= 0.3 is 0 Å². The molecule has 7 rings (SSSR count). The molecule has 0 unspecified atom stereocenters. The molecular weight excluding hydrogens is 412 g/mol. The first kappa shape index (κ1) is 19.1. The molecule has 0 amide bonds. The Hall–Kier alpha value is -4.36. The maximum Gasteiger partial charge on any atom is 0.140 e. The van der Waals surface area contributed by atoms with Gasteiger partial charge in [0.15, 0.2) is 0 Å². The minimum Gasteiger partial charge on any atom is -0.455 e. The molecule has 0 N–H and O–H groups in total. The van der Waals surface area contributed by atoms with E-state index in [-0.39, 0.29) is 0 Å². The number of fused-ring (bicyclic) bond motifs is 6. The standard InChI is InChI=1S/C33H22O/c1-3-13-25(14-4-1)33(26-15-5-2-6-16-26)29-21-19-23-11-7-9-17-27(23)31(29)34-32-28-18-10-8-12-24(28)20-22-30(32)33/h1-22H. The maximum absolute atomic E-state index is 6.90. The molecule has 6 aromatic rings. The van der Waals surface area contributed by atoms with Gasteiger partial charge in [0.05, 0.1) is 5.41 Å². The van der Waals surface area contributed by atoms with Crippen molar-refractivity contribution in [3.63, 3.8) is 0 Å². The molecule has 1 aliphatic heterocycles. The number of hydrogen-bond donors (Lipinski definition) is 0. The summed E-state index contributed by atoms with van der Waals surface area (Å²) in [6.45, 7) is 0. The molecule has 0 aliphatic carbocycles. The third-order valence-electron chi connectivity index (χ3n) is 7.18. The monoisotopic (exact) mass is 434 g/mol. The summed E-state index contributed by atoms with van der Waals surface area (Å²) >= 11 is 0. The summed E-state index contributed by atoms with van der Waals surface area (Å²) < 4.78 is 6.90. The van der Waals surface area contributed by atoms with Crippen molar-refractivity contribution in [2.45, 2.75) is 5.41 Å². The number of rotatable bonds is 2. The Morgan fingerprint density at radius 1 is 0.382 bits per heavy atom. The summed E-state index contributed by atoms with van der Waals surface area (Å²) in [5, 5.41) is 4.63. The Kier molecular flexibility index (Phi) is 4.13. The zero-order chi connectivity index (χ0) is 22.5. The lowest BCUT2D eigenvalue weighted by Gasteiger charge is -2.42. The van der Waals surface area contributed by atoms with E-state index in [2.05, 4.69) is 133 Å². The number of ether oxygens (including phenoxy) is 1. The van der Waals surface area contributed by atoms with Gasteiger partial charge in [0.2, 0.25) is 0 Å². The summed E-state index contributed by atoms with van der Waals surface area (Å²) in [7, 11) is 0. The van der Waals surface area contributed by atoms with Crippen LogP contribution in [0.25, 0.3) is 21.5 Å². The predicted molar refractivity (Wildman–Crippen MR) is 140 cm³/mol. The Bertz CT molecular complexity index is 1540. The molecule has 0 aromatic heterocycles. The van der Waals surface area contributed by atoms with Crippen LogP contribution in [0.2, 0.25) is 0 Å². The molecule has 0 radical (unpaired) electrons. The van der Waals surface area contributed by atoms with Crippen molar-refractivity contribution < 1.29 is 4.74 Å². The summed E-state index contributed by atoms with van der Waals surface area (Å²) in [5.74, 6) is 1.88. The number of hydrogen-bond acceptors (Lipinski definition) is 1. The molecular formula is C33H22O. The number of benzene rings is 6. The van der Waals surface area contributed by atoms with E-state index in [1.165, 1.54) is 33.0 Å². The van der Waals surface area contributed by atoms with Crippen LogP contribution in [-0.2, 0) is 5.41 Å². The fraction of sp³-hybridized carbons (Fsp3) is 0.0303. The highest BCUT2D eigenvalue weighted by molar-refractivity contribution is 5.97. The van der Waals surface area contributed by atoms with Gasteiger partial charge in [-0.2, -0.15) is 0 Å². The van der Waals surface area contributed by atoms with Gasteiger partial charge < -0.3 is 4.74 Å². The van der Waals surface area contributed by atoms with Crippen molar-refractivity contribution in [1.29, 1.82) is 0 Å². The van der Waals surface area contributed by atoms with E-state index >= 15 is 0 Å². The highest BCUT2D eigenvalue weighted by Gasteiger charge is 2.46. The van der Waals surface area contributed by atoms with Crippen molar-refractivity contribution in [3.05, 3.63) is 156 Å². The molecule has 6 aromatic carbocycles. The second-order valence-electron chi connectivity index (χ2n) is 8.91. The lowest BCUT2D eigenvalue weighted by Crippen LogP contribution is -2.34. The normalized spacial score (nSPS) is 13.8. The predicted octanol–water partition coefficient (Wildman–Crippen LogP) is 8.48. The van der Waals surface area contributed by atoms with E-state index in [1.807, 2.05) is 0 Å². The van der Waals surface area contributed by atoms with Gasteiger partial charge in [0, 0.05) is 21.9 Å². The average molecular weight is 435 g/mol. The van der Waals surface area contributed by atoms with Gasteiger partial charge in [0.1, 0.15) is 11.5 Å². The zero-order valence-corrected chi connectivity index (χ0v) is 18.6. The second kappa shape index (κ2) is 7.33. The van der Waals surface area contributed by atoms with Crippen molar-refractivity contribution in [2.75, 3.05) is 0 Å². The molecule has 0 atom stereocenters. The molecule has 0 spiro atoms. The van der Waals surface area contributed by atoms with Crippen LogP contribution in [0.1, 0.15) is 22.3 Å². The van der Waals surface area contributed by atoms with Crippen LogP contribution in [-0.4, -0.2) is 0 Å². The van der Waals surface area contributed by atoms with Crippen LogP contribution in [0.5, 0.6) is 11.5 Å². The summed E-state index contributed by atoms with van der Waals surface area (Å²) in [4.78, 5) is 0. The molecule has 0 saturated heterocycles. The van der Waals surface area contributed by atoms with E-state index in [1.54, 1.807) is 0 Å². The fourth-order valence-electron chi connectivity index (χ4n) is 5.71. The molecule has 34 heavy (non-hydrogen) atoms. The van der Waals surface area contributed by atoms with Crippen LogP contribution in [0.4, 0.5) is 0 Å². The SMILES string of the molecule is c1ccc(C2(c3ccccc3)c3ccc4ccccc4c3Oc3c2ccc2ccccc32)cc1. The molecule has 0 fully saturated rings. The van der Waals surface area contributed by atoms with Crippen molar-refractivity contribution in [3.8, 4) is 11.5 Å². The van der Waals surface area contributed by atoms with Crippen molar-refractivity contribution in [1.82, 2.24) is 0 Å². The molecule has 1 heterocycles. The third-order valence-corrected chi connectivity index (χ3v) is 7.18. The summed E-state index contributed by atoms with van der Waals surface area (Å²) in [5.41, 5.74) is 4.31. The highest BCUT2D eigenvalue weighted by Crippen LogP contribution is 2.58. The summed E-state index contributed by atoms with van der Waals surface area (Å²) in [6.07, 6.45) is 0. The fourth-order valence-corrected chi connectivity index (χ4v) is 5.71. The van der Waals surface area contributed by atoms with Crippen LogP contribution in [0, 0.1) is 0 Å². The van der Waals surface area contributed by atoms with Gasteiger partial charge in [-0.1, -0.05) is 133 Å². The van der Waals surface area contributed by atoms with Crippen LogP contribution < -0.4 is 4.74 Å². The smallest absolute Gasteiger partial charge is 0.140 e. The second-order valence-corrected chi connectivity index (χ2v) is 8.91. The first-order valence-corrected chi connectivity index (χ1v) is 11.7. The largest absolute Gasteiger partial charge is 0.455 e. The van der Waals surface area contributed by atoms with E-state index in [9.17, 15) is 0 Å². The van der Waals surface area contributed by atoms with Crippen LogP contribution in [0.3, 0.4) is 0 Å². The third kappa shape index (κ3) is 2.55. The quantitative estimate of drug-likeness (QED) is 0.265. The lowest BCUT2D eigenvalue weighted by atomic mass is 9.63. The van der Waals surface area contributed by atoms with E-state index < -0.39 is 5.41 Å². The molecule has 0 saturated carbocycles. The van der Waals surface area contributed by atoms with Crippen LogP contribution >= 0.6 is 0 Å². The van der Waals surface area contributed by atoms with Gasteiger partial charge in [-0.3, -0.25) is 0 Å². The van der Waals surface area contributed by atoms with Gasteiger partial charge in [0.25, 0.3) is 0 Å². The summed E-state index contributed by atoms with van der Waals surface area (Å²) in [6, 6.07) is 47.7. The maximum atomic E-state index is 6.90. The average Bonchev–Trinajstić information content (AvgIpc) is 2.92. The Morgan fingerprint density at radius 3 is 1.26 bits per heavy atom. The van der Waals surface area contributed by atoms with Crippen molar-refractivity contribution >= 4 is 21.5 Å². The molecule has 0 bridgehead atoms. The van der Waals surface area contributed by atoms with Crippen molar-refractivity contribution in [2.24, 2.45) is 0 Å². The van der Waals surface area contributed by atoms with Gasteiger partial charge in [-0.05, 0) is 21.9 Å². The minimum atomic E-state index is -0.500. The van der Waals surface area contributed by atoms with E-state index in [4.69, 9.17) is 4.74 Å². The first-order valence-electron chi connectivity index (χ1n) is 11.7. The van der Waals surface area contributed by atoms with E-state index in [0.717, 1.165) is 22.3 Å². The Balaban J connectivity index is 1.72. The molecule has 1 heteroatoms. The van der Waals surface area contributed by atoms with Gasteiger partial charge in [-0.15, -0.1) is 0 Å². The highest BCUT2D eigenvalue weighted by atomic mass is 16.5. The molecule has 1 nitrogen and oxygen atoms in total.